The fourth-order valence-corrected chi connectivity index (χ4v) is 0.432. The van der Waals surface area contributed by atoms with Gasteiger partial charge in [0.15, 0.2) is 0 Å². The predicted octanol–water partition coefficient (Wildman–Crippen LogP) is -1.47. The van der Waals surface area contributed by atoms with Crippen LogP contribution in [0, 0.1) is 0 Å². The normalized spacial score (nSPS) is 15.0. The Labute approximate surface area is 50.5 Å². The summed E-state index contributed by atoms with van der Waals surface area (Å²) in [5.74, 6) is -3.80. The molecule has 54 valence electrons. The molecule has 0 aromatic carbocycles. The number of carbonyl (C=O) groups is 1. The minimum atomic E-state index is -4.63. The highest BCUT2D eigenvalue weighted by atomic mass is 31.2. The van der Waals surface area contributed by atoms with E-state index in [-0.39, 0.29) is 0 Å². The lowest BCUT2D eigenvalue weighted by atomic mass is 10.7. The van der Waals surface area contributed by atoms with Crippen molar-refractivity contribution in [3.8, 4) is 0 Å². The summed E-state index contributed by atoms with van der Waals surface area (Å²) >= 11 is 0. The predicted molar refractivity (Wildman–Crippen MR) is 27.7 cm³/mol. The molecule has 0 heterocycles. The third-order valence-electron chi connectivity index (χ3n) is 0.615. The highest BCUT2D eigenvalue weighted by molar-refractivity contribution is 7.53. The van der Waals surface area contributed by atoms with Crippen molar-refractivity contribution in [3.05, 3.63) is 0 Å². The topological polar surface area (TPSA) is 121 Å². The van der Waals surface area contributed by atoms with Crippen LogP contribution in [-0.4, -0.2) is 26.6 Å². The van der Waals surface area contributed by atoms with Crippen LogP contribution in [0.25, 0.3) is 0 Å². The van der Waals surface area contributed by atoms with Gasteiger partial charge < -0.3 is 20.6 Å². The molecular weight excluding hydrogens is 149 g/mol. The molecule has 0 aromatic heterocycles. The Morgan fingerprint density at radius 3 is 1.89 bits per heavy atom. The average molecular weight is 155 g/mol. The first-order chi connectivity index (χ1) is 3.85. The molecule has 0 aliphatic carbocycles. The summed E-state index contributed by atoms with van der Waals surface area (Å²) < 4.78 is 9.96. The first-order valence-electron chi connectivity index (χ1n) is 1.89. The second-order valence-corrected chi connectivity index (χ2v) is 3.11. The molecule has 5 N–H and O–H groups in total. The highest BCUT2D eigenvalue weighted by Crippen LogP contribution is 2.37. The average Bonchev–Trinajstić information content (AvgIpc) is 1.62. The zero-order chi connectivity index (χ0) is 7.65. The van der Waals surface area contributed by atoms with Gasteiger partial charge in [-0.1, -0.05) is 0 Å². The van der Waals surface area contributed by atoms with Crippen molar-refractivity contribution in [1.29, 1.82) is 0 Å². The first-order valence-corrected chi connectivity index (χ1v) is 3.57. The van der Waals surface area contributed by atoms with E-state index in [1.54, 1.807) is 0 Å². The van der Waals surface area contributed by atoms with Gasteiger partial charge in [-0.15, -0.1) is 0 Å². The first kappa shape index (κ1) is 8.58. The number of carboxylic acid groups (broad SMARTS) is 1. The van der Waals surface area contributed by atoms with Gasteiger partial charge in [0.1, 0.15) is 0 Å². The van der Waals surface area contributed by atoms with Gasteiger partial charge in [-0.3, -0.25) is 4.57 Å². The molecule has 0 aliphatic rings. The Kier molecular flexibility index (Phi) is 2.33. The lowest BCUT2D eigenvalue weighted by Gasteiger charge is -2.06. The molecule has 0 saturated heterocycles. The molecule has 0 fully saturated rings. The molecule has 0 amide bonds. The van der Waals surface area contributed by atoms with Crippen LogP contribution in [0.5, 0.6) is 0 Å². The maximum atomic E-state index is 9.96. The smallest absolute Gasteiger partial charge is 0.353 e. The van der Waals surface area contributed by atoms with E-state index in [4.69, 9.17) is 14.9 Å². The van der Waals surface area contributed by atoms with Crippen LogP contribution in [0.3, 0.4) is 0 Å². The van der Waals surface area contributed by atoms with Crippen LogP contribution in [0.4, 0.5) is 0 Å². The van der Waals surface area contributed by atoms with Crippen LogP contribution in [0.1, 0.15) is 0 Å². The minimum absolute atomic E-state index is 1.71. The third-order valence-corrected chi connectivity index (χ3v) is 1.56. The number of carboxylic acids is 1. The summed E-state index contributed by atoms with van der Waals surface area (Å²) in [6, 6.07) is 0. The van der Waals surface area contributed by atoms with Crippen LogP contribution >= 0.6 is 7.60 Å². The summed E-state index contributed by atoms with van der Waals surface area (Å²) in [5.41, 5.74) is 4.53. The molecule has 0 aliphatic heterocycles. The zero-order valence-electron chi connectivity index (χ0n) is 4.26. The SMILES string of the molecule is NC(C(=O)O)P(=O)(O)O. The van der Waals surface area contributed by atoms with E-state index < -0.39 is 19.3 Å². The van der Waals surface area contributed by atoms with Crippen molar-refractivity contribution in [2.75, 3.05) is 0 Å². The maximum absolute atomic E-state index is 9.96. The van der Waals surface area contributed by atoms with Gasteiger partial charge in [-0.25, -0.2) is 4.79 Å². The number of nitrogens with two attached hydrogens (primary N) is 1. The zero-order valence-corrected chi connectivity index (χ0v) is 5.15. The van der Waals surface area contributed by atoms with Gasteiger partial charge in [-0.05, 0) is 0 Å². The van der Waals surface area contributed by atoms with Crippen molar-refractivity contribution >= 4 is 13.6 Å². The Balaban J connectivity index is 4.23. The molecule has 0 spiro atoms. The maximum Gasteiger partial charge on any atom is 0.353 e. The molecule has 9 heavy (non-hydrogen) atoms. The molecule has 1 unspecified atom stereocenters. The van der Waals surface area contributed by atoms with Crippen LogP contribution in [0.2, 0.25) is 0 Å². The number of aliphatic carboxylic acids is 1. The number of rotatable bonds is 2. The van der Waals surface area contributed by atoms with Gasteiger partial charge in [-0.2, -0.15) is 0 Å². The summed E-state index contributed by atoms with van der Waals surface area (Å²) in [6.07, 6.45) is 0. The molecule has 0 rings (SSSR count). The summed E-state index contributed by atoms with van der Waals surface area (Å²) in [4.78, 5) is 25.9. The Bertz CT molecular complexity index is 160. The molecule has 6 nitrogen and oxygen atoms in total. The minimum Gasteiger partial charge on any atom is -0.480 e. The number of hydrogen-bond acceptors (Lipinski definition) is 3. The molecule has 7 heteroatoms. The van der Waals surface area contributed by atoms with E-state index in [0.29, 0.717) is 0 Å². The van der Waals surface area contributed by atoms with Crippen molar-refractivity contribution in [2.45, 2.75) is 5.78 Å². The molecular formula is C2H6NO5P. The van der Waals surface area contributed by atoms with Crippen molar-refractivity contribution in [1.82, 2.24) is 0 Å². The van der Waals surface area contributed by atoms with E-state index in [1.165, 1.54) is 0 Å². The van der Waals surface area contributed by atoms with Crippen LogP contribution in [-0.2, 0) is 9.36 Å². The second-order valence-electron chi connectivity index (χ2n) is 1.37. The van der Waals surface area contributed by atoms with E-state index in [9.17, 15) is 9.36 Å². The lowest BCUT2D eigenvalue weighted by Crippen LogP contribution is -2.29. The van der Waals surface area contributed by atoms with Gasteiger partial charge >= 0.3 is 13.6 Å². The quantitative estimate of drug-likeness (QED) is 0.361. The largest absolute Gasteiger partial charge is 0.480 e. The van der Waals surface area contributed by atoms with Crippen LogP contribution < -0.4 is 5.73 Å². The van der Waals surface area contributed by atoms with E-state index in [0.717, 1.165) is 0 Å². The second kappa shape index (κ2) is 2.45. The fourth-order valence-electron chi connectivity index (χ4n) is 0.144. The Hall–Kier alpha value is -0.420. The summed E-state index contributed by atoms with van der Waals surface area (Å²) in [5, 5.41) is 7.90. The van der Waals surface area contributed by atoms with E-state index in [1.807, 2.05) is 0 Å². The van der Waals surface area contributed by atoms with Crippen molar-refractivity contribution < 1.29 is 24.3 Å². The van der Waals surface area contributed by atoms with Gasteiger partial charge in [0.05, 0.1) is 0 Å². The van der Waals surface area contributed by atoms with Crippen molar-refractivity contribution in [2.24, 2.45) is 5.73 Å². The standard InChI is InChI=1S/C2H6NO5P/c3-1(2(4)5)9(6,7)8/h1H,3H2,(H,4,5)(H2,6,7,8). The van der Waals surface area contributed by atoms with Crippen molar-refractivity contribution in [3.63, 3.8) is 0 Å². The molecule has 0 aromatic rings. The molecule has 0 saturated carbocycles. The Morgan fingerprint density at radius 1 is 1.56 bits per heavy atom. The Morgan fingerprint density at radius 2 is 1.89 bits per heavy atom. The van der Waals surface area contributed by atoms with Gasteiger partial charge in [0.2, 0.25) is 5.78 Å². The molecule has 0 bridgehead atoms. The van der Waals surface area contributed by atoms with Gasteiger partial charge in [0, 0.05) is 0 Å². The van der Waals surface area contributed by atoms with Crippen LogP contribution in [0.15, 0.2) is 0 Å². The van der Waals surface area contributed by atoms with E-state index in [2.05, 4.69) is 5.73 Å². The third kappa shape index (κ3) is 2.57. The monoisotopic (exact) mass is 155 g/mol. The fraction of sp³-hybridized carbons (Fsp3) is 0.500. The molecule has 0 radical (unpaired) electrons. The van der Waals surface area contributed by atoms with Gasteiger partial charge in [0.25, 0.3) is 0 Å². The van der Waals surface area contributed by atoms with E-state index >= 15 is 0 Å². The number of hydrogen-bond donors (Lipinski definition) is 4. The molecule has 1 atom stereocenters. The summed E-state index contributed by atoms with van der Waals surface area (Å²) in [7, 11) is -4.63. The lowest BCUT2D eigenvalue weighted by molar-refractivity contribution is -0.136. The highest BCUT2D eigenvalue weighted by Gasteiger charge is 2.31. The summed E-state index contributed by atoms with van der Waals surface area (Å²) in [6.45, 7) is 0.